The van der Waals surface area contributed by atoms with Gasteiger partial charge in [0.15, 0.2) is 5.78 Å². The summed E-state index contributed by atoms with van der Waals surface area (Å²) in [5.74, 6) is 0.114. The smallest absolute Gasteiger partial charge is 0.159 e. The van der Waals surface area contributed by atoms with E-state index in [4.69, 9.17) is 0 Å². The van der Waals surface area contributed by atoms with Crippen molar-refractivity contribution in [2.75, 3.05) is 11.4 Å². The number of hydrogen-bond acceptors (Lipinski definition) is 3. The highest BCUT2D eigenvalue weighted by Gasteiger charge is 2.22. The summed E-state index contributed by atoms with van der Waals surface area (Å²) >= 11 is 1.77. The number of anilines is 2. The van der Waals surface area contributed by atoms with Crippen LogP contribution in [0.25, 0.3) is 0 Å². The Hall–Kier alpha value is -1.74. The van der Waals surface area contributed by atoms with Crippen LogP contribution < -0.4 is 4.90 Å². The van der Waals surface area contributed by atoms with Gasteiger partial charge in [0.2, 0.25) is 0 Å². The number of para-hydroxylation sites is 1. The van der Waals surface area contributed by atoms with Crippen LogP contribution in [0, 0.1) is 0 Å². The van der Waals surface area contributed by atoms with Crippen molar-refractivity contribution in [3.8, 4) is 0 Å². The first-order valence-electron chi connectivity index (χ1n) is 6.40. The molecule has 0 atom stereocenters. The monoisotopic (exact) mass is 269 g/mol. The molecule has 3 rings (SSSR count). The summed E-state index contributed by atoms with van der Waals surface area (Å²) < 4.78 is 0. The van der Waals surface area contributed by atoms with Crippen LogP contribution in [0.15, 0.2) is 52.3 Å². The number of fused-ring (bicyclic) bond motifs is 2. The van der Waals surface area contributed by atoms with Crippen molar-refractivity contribution in [3.63, 3.8) is 0 Å². The highest BCUT2D eigenvalue weighted by atomic mass is 32.2. The molecule has 0 bridgehead atoms. The Kier molecular flexibility index (Phi) is 3.07. The SMILES string of the molecule is CCN1c2ccccc2Sc2ccc(C(C)=O)cc21. The predicted octanol–water partition coefficient (Wildman–Crippen LogP) is 4.51. The van der Waals surface area contributed by atoms with Gasteiger partial charge in [-0.1, -0.05) is 30.0 Å². The molecular weight excluding hydrogens is 254 g/mol. The molecule has 0 aliphatic carbocycles. The van der Waals surface area contributed by atoms with Crippen LogP contribution in [0.2, 0.25) is 0 Å². The molecule has 2 aromatic carbocycles. The van der Waals surface area contributed by atoms with E-state index in [0.717, 1.165) is 17.8 Å². The second kappa shape index (κ2) is 4.74. The zero-order valence-electron chi connectivity index (χ0n) is 11.0. The van der Waals surface area contributed by atoms with Gasteiger partial charge in [-0.05, 0) is 38.1 Å². The fourth-order valence-electron chi connectivity index (χ4n) is 2.39. The predicted molar refractivity (Wildman–Crippen MR) is 79.7 cm³/mol. The van der Waals surface area contributed by atoms with E-state index >= 15 is 0 Å². The van der Waals surface area contributed by atoms with Crippen molar-refractivity contribution in [2.45, 2.75) is 23.6 Å². The average Bonchev–Trinajstić information content (AvgIpc) is 2.44. The van der Waals surface area contributed by atoms with Gasteiger partial charge in [0.25, 0.3) is 0 Å². The first-order chi connectivity index (χ1) is 9.20. The molecule has 1 aliphatic rings. The van der Waals surface area contributed by atoms with Crippen molar-refractivity contribution >= 4 is 28.9 Å². The lowest BCUT2D eigenvalue weighted by Gasteiger charge is -2.32. The Balaban J connectivity index is 2.16. The lowest BCUT2D eigenvalue weighted by Crippen LogP contribution is -2.20. The highest BCUT2D eigenvalue weighted by Crippen LogP contribution is 2.48. The number of nitrogens with zero attached hydrogens (tertiary/aromatic N) is 1. The van der Waals surface area contributed by atoms with E-state index in [-0.39, 0.29) is 5.78 Å². The van der Waals surface area contributed by atoms with Crippen LogP contribution in [0.1, 0.15) is 24.2 Å². The summed E-state index contributed by atoms with van der Waals surface area (Å²) in [4.78, 5) is 16.3. The van der Waals surface area contributed by atoms with Crippen molar-refractivity contribution < 1.29 is 4.79 Å². The normalized spacial score (nSPS) is 12.8. The van der Waals surface area contributed by atoms with Crippen molar-refractivity contribution in [2.24, 2.45) is 0 Å². The molecule has 0 aromatic heterocycles. The van der Waals surface area contributed by atoms with Crippen molar-refractivity contribution in [1.29, 1.82) is 0 Å². The van der Waals surface area contributed by atoms with Gasteiger partial charge in [-0.15, -0.1) is 0 Å². The molecule has 19 heavy (non-hydrogen) atoms. The number of benzene rings is 2. The van der Waals surface area contributed by atoms with Crippen LogP contribution in [-0.4, -0.2) is 12.3 Å². The molecule has 0 amide bonds. The van der Waals surface area contributed by atoms with Gasteiger partial charge >= 0.3 is 0 Å². The van der Waals surface area contributed by atoms with E-state index in [1.807, 2.05) is 12.1 Å². The summed E-state index contributed by atoms with van der Waals surface area (Å²) in [6, 6.07) is 14.4. The Labute approximate surface area is 117 Å². The van der Waals surface area contributed by atoms with Gasteiger partial charge in [0, 0.05) is 21.9 Å². The molecule has 1 aliphatic heterocycles. The van der Waals surface area contributed by atoms with E-state index in [1.165, 1.54) is 15.5 Å². The minimum Gasteiger partial charge on any atom is -0.340 e. The van der Waals surface area contributed by atoms with Crippen LogP contribution in [0.5, 0.6) is 0 Å². The second-order valence-electron chi connectivity index (χ2n) is 4.55. The molecule has 2 nitrogen and oxygen atoms in total. The molecule has 3 heteroatoms. The number of rotatable bonds is 2. The third-order valence-electron chi connectivity index (χ3n) is 3.35. The second-order valence-corrected chi connectivity index (χ2v) is 5.64. The molecule has 0 saturated carbocycles. The number of carbonyl (C=O) groups is 1. The van der Waals surface area contributed by atoms with Gasteiger partial charge in [0.1, 0.15) is 0 Å². The Morgan fingerprint density at radius 1 is 1.11 bits per heavy atom. The largest absolute Gasteiger partial charge is 0.340 e. The van der Waals surface area contributed by atoms with Gasteiger partial charge in [-0.2, -0.15) is 0 Å². The summed E-state index contributed by atoms with van der Waals surface area (Å²) in [6.07, 6.45) is 0. The lowest BCUT2D eigenvalue weighted by molar-refractivity contribution is 0.101. The summed E-state index contributed by atoms with van der Waals surface area (Å²) in [5, 5.41) is 0. The number of Topliss-reactive ketones (excluding diaryl/α,β-unsaturated/α-hetero) is 1. The molecule has 0 radical (unpaired) electrons. The molecular formula is C16H15NOS. The maximum Gasteiger partial charge on any atom is 0.159 e. The van der Waals surface area contributed by atoms with Gasteiger partial charge < -0.3 is 4.90 Å². The molecule has 0 saturated heterocycles. The Bertz CT molecular complexity index is 651. The first kappa shape index (κ1) is 12.3. The third-order valence-corrected chi connectivity index (χ3v) is 4.48. The maximum absolute atomic E-state index is 11.5. The molecule has 1 heterocycles. The number of hydrogen-bond donors (Lipinski definition) is 0. The molecule has 0 fully saturated rings. The average molecular weight is 269 g/mol. The molecule has 96 valence electrons. The van der Waals surface area contributed by atoms with Crippen molar-refractivity contribution in [3.05, 3.63) is 48.0 Å². The standard InChI is InChI=1S/C16H15NOS/c1-3-17-13-6-4-5-7-15(13)19-16-9-8-12(11(2)18)10-14(16)17/h4-10H,3H2,1-2H3. The van der Waals surface area contributed by atoms with Gasteiger partial charge in [0.05, 0.1) is 11.4 Å². The first-order valence-corrected chi connectivity index (χ1v) is 7.21. The topological polar surface area (TPSA) is 20.3 Å². The van der Waals surface area contributed by atoms with Gasteiger partial charge in [-0.3, -0.25) is 4.79 Å². The Morgan fingerprint density at radius 3 is 2.58 bits per heavy atom. The Morgan fingerprint density at radius 2 is 1.84 bits per heavy atom. The molecule has 0 N–H and O–H groups in total. The van der Waals surface area contributed by atoms with Gasteiger partial charge in [-0.25, -0.2) is 0 Å². The fraction of sp³-hybridized carbons (Fsp3) is 0.188. The molecule has 0 unspecified atom stereocenters. The molecule has 0 spiro atoms. The van der Waals surface area contributed by atoms with Crippen LogP contribution in [0.3, 0.4) is 0 Å². The zero-order chi connectivity index (χ0) is 13.4. The zero-order valence-corrected chi connectivity index (χ0v) is 11.8. The van der Waals surface area contributed by atoms with E-state index in [2.05, 4.69) is 42.2 Å². The van der Waals surface area contributed by atoms with E-state index in [9.17, 15) is 4.79 Å². The van der Waals surface area contributed by atoms with Crippen molar-refractivity contribution in [1.82, 2.24) is 0 Å². The third kappa shape index (κ3) is 2.04. The summed E-state index contributed by atoms with van der Waals surface area (Å²) in [5.41, 5.74) is 3.14. The lowest BCUT2D eigenvalue weighted by atomic mass is 10.1. The van der Waals surface area contributed by atoms with E-state index in [0.29, 0.717) is 0 Å². The van der Waals surface area contributed by atoms with E-state index < -0.39 is 0 Å². The number of carbonyl (C=O) groups excluding carboxylic acids is 1. The van der Waals surface area contributed by atoms with Crippen LogP contribution in [-0.2, 0) is 0 Å². The fourth-order valence-corrected chi connectivity index (χ4v) is 3.47. The van der Waals surface area contributed by atoms with Crippen LogP contribution in [0.4, 0.5) is 11.4 Å². The van der Waals surface area contributed by atoms with E-state index in [1.54, 1.807) is 18.7 Å². The molecule has 2 aromatic rings. The minimum absolute atomic E-state index is 0.114. The number of ketones is 1. The maximum atomic E-state index is 11.5. The highest BCUT2D eigenvalue weighted by molar-refractivity contribution is 7.99. The summed E-state index contributed by atoms with van der Waals surface area (Å²) in [7, 11) is 0. The van der Waals surface area contributed by atoms with Crippen LogP contribution >= 0.6 is 11.8 Å². The minimum atomic E-state index is 0.114. The quantitative estimate of drug-likeness (QED) is 0.748. The summed E-state index contributed by atoms with van der Waals surface area (Å²) in [6.45, 7) is 4.64.